The van der Waals surface area contributed by atoms with E-state index < -0.39 is 5.97 Å². The molecule has 0 bridgehead atoms. The summed E-state index contributed by atoms with van der Waals surface area (Å²) < 4.78 is 2.97. The molecule has 112 valence electrons. The van der Waals surface area contributed by atoms with Crippen LogP contribution < -0.4 is 0 Å². The van der Waals surface area contributed by atoms with Gasteiger partial charge in [-0.05, 0) is 49.2 Å². The lowest BCUT2D eigenvalue weighted by molar-refractivity contribution is -0.143. The van der Waals surface area contributed by atoms with Crippen molar-refractivity contribution >= 4 is 21.9 Å². The summed E-state index contributed by atoms with van der Waals surface area (Å²) in [6.45, 7) is 6.31. The maximum atomic E-state index is 11.5. The topological polar surface area (TPSA) is 58.4 Å². The lowest BCUT2D eigenvalue weighted by Crippen LogP contribution is -2.40. The summed E-state index contributed by atoms with van der Waals surface area (Å²) in [6.07, 6.45) is 3.93. The summed E-state index contributed by atoms with van der Waals surface area (Å²) >= 11 is 3.59. The first-order valence-corrected chi connectivity index (χ1v) is 8.02. The number of carbonyl (C=O) groups is 1. The van der Waals surface area contributed by atoms with Gasteiger partial charge in [-0.15, -0.1) is 0 Å². The lowest BCUT2D eigenvalue weighted by atomic mass is 10.1. The first-order valence-electron chi connectivity index (χ1n) is 7.23. The van der Waals surface area contributed by atoms with E-state index in [4.69, 9.17) is 0 Å². The van der Waals surface area contributed by atoms with Crippen molar-refractivity contribution in [1.29, 1.82) is 0 Å². The predicted octanol–water partition coefficient (Wildman–Crippen LogP) is 2.80. The second kappa shape index (κ2) is 6.72. The van der Waals surface area contributed by atoms with Crippen molar-refractivity contribution in [3.63, 3.8) is 0 Å². The Morgan fingerprint density at radius 1 is 1.45 bits per heavy atom. The Balaban J connectivity index is 2.24. The van der Waals surface area contributed by atoms with Gasteiger partial charge in [0.15, 0.2) is 0 Å². The zero-order valence-corrected chi connectivity index (χ0v) is 13.7. The highest BCUT2D eigenvalue weighted by atomic mass is 79.9. The molecular weight excluding hydrogens is 322 g/mol. The molecule has 1 aromatic rings. The minimum atomic E-state index is -0.706. The van der Waals surface area contributed by atoms with Crippen LogP contribution in [0.15, 0.2) is 4.47 Å². The third-order valence-corrected chi connectivity index (χ3v) is 4.99. The summed E-state index contributed by atoms with van der Waals surface area (Å²) in [5.41, 5.74) is 2.04. The number of likely N-dealkylation sites (tertiary alicyclic amines) is 1. The molecule has 0 saturated carbocycles. The van der Waals surface area contributed by atoms with Crippen molar-refractivity contribution in [2.75, 3.05) is 6.54 Å². The van der Waals surface area contributed by atoms with E-state index in [1.54, 1.807) is 0 Å². The number of nitrogens with zero attached hydrogens (tertiary/aromatic N) is 3. The Kier molecular flexibility index (Phi) is 5.21. The van der Waals surface area contributed by atoms with E-state index in [0.717, 1.165) is 54.6 Å². The Morgan fingerprint density at radius 3 is 2.85 bits per heavy atom. The van der Waals surface area contributed by atoms with Crippen LogP contribution in [-0.4, -0.2) is 38.3 Å². The SMILES string of the molecule is CCn1nc(C)c(Br)c1CN1CCCCCC1C(=O)O. The summed E-state index contributed by atoms with van der Waals surface area (Å²) in [5, 5.41) is 13.9. The molecule has 5 nitrogen and oxygen atoms in total. The molecule has 1 aliphatic rings. The molecule has 0 radical (unpaired) electrons. The second-order valence-corrected chi connectivity index (χ2v) is 6.13. The van der Waals surface area contributed by atoms with E-state index in [1.165, 1.54) is 0 Å². The summed E-state index contributed by atoms with van der Waals surface area (Å²) in [6, 6.07) is -0.370. The van der Waals surface area contributed by atoms with Crippen molar-refractivity contribution in [1.82, 2.24) is 14.7 Å². The first kappa shape index (κ1) is 15.5. The lowest BCUT2D eigenvalue weighted by Gasteiger charge is -2.27. The second-order valence-electron chi connectivity index (χ2n) is 5.34. The molecule has 0 aliphatic carbocycles. The van der Waals surface area contributed by atoms with Crippen LogP contribution in [-0.2, 0) is 17.9 Å². The number of aliphatic carboxylic acids is 1. The van der Waals surface area contributed by atoms with Gasteiger partial charge in [-0.2, -0.15) is 5.10 Å². The quantitative estimate of drug-likeness (QED) is 0.913. The molecule has 1 saturated heterocycles. The molecule has 20 heavy (non-hydrogen) atoms. The van der Waals surface area contributed by atoms with E-state index >= 15 is 0 Å². The number of aromatic nitrogens is 2. The molecule has 6 heteroatoms. The molecule has 0 spiro atoms. The number of carboxylic acid groups (broad SMARTS) is 1. The number of carboxylic acids is 1. The minimum Gasteiger partial charge on any atom is -0.480 e. The van der Waals surface area contributed by atoms with E-state index in [9.17, 15) is 9.90 Å². The van der Waals surface area contributed by atoms with Crippen molar-refractivity contribution in [3.8, 4) is 0 Å². The van der Waals surface area contributed by atoms with Gasteiger partial charge < -0.3 is 5.11 Å². The van der Waals surface area contributed by atoms with Crippen LogP contribution in [0.25, 0.3) is 0 Å². The van der Waals surface area contributed by atoms with Crippen LogP contribution in [0.4, 0.5) is 0 Å². The Bertz CT molecular complexity index is 487. The number of hydrogen-bond acceptors (Lipinski definition) is 3. The Hall–Kier alpha value is -0.880. The van der Waals surface area contributed by atoms with Gasteiger partial charge in [0.2, 0.25) is 0 Å². The average molecular weight is 344 g/mol. The Labute approximate surface area is 128 Å². The zero-order chi connectivity index (χ0) is 14.7. The fourth-order valence-electron chi connectivity index (χ4n) is 2.85. The molecule has 0 aromatic carbocycles. The predicted molar refractivity (Wildman–Crippen MR) is 80.6 cm³/mol. The van der Waals surface area contributed by atoms with Gasteiger partial charge >= 0.3 is 5.97 Å². The smallest absolute Gasteiger partial charge is 0.320 e. The maximum absolute atomic E-state index is 11.5. The van der Waals surface area contributed by atoms with Gasteiger partial charge in [0.05, 0.1) is 15.9 Å². The van der Waals surface area contributed by atoms with Crippen LogP contribution >= 0.6 is 15.9 Å². The van der Waals surface area contributed by atoms with Gasteiger partial charge in [-0.3, -0.25) is 14.4 Å². The van der Waals surface area contributed by atoms with Crippen LogP contribution in [0.5, 0.6) is 0 Å². The molecule has 0 amide bonds. The van der Waals surface area contributed by atoms with Crippen molar-refractivity contribution in [2.24, 2.45) is 0 Å². The van der Waals surface area contributed by atoms with Crippen LogP contribution in [0.1, 0.15) is 44.0 Å². The normalized spacial score (nSPS) is 20.9. The highest BCUT2D eigenvalue weighted by Crippen LogP contribution is 2.25. The monoisotopic (exact) mass is 343 g/mol. The molecule has 1 aliphatic heterocycles. The highest BCUT2D eigenvalue weighted by Gasteiger charge is 2.28. The van der Waals surface area contributed by atoms with Gasteiger partial charge in [0, 0.05) is 13.1 Å². The molecule has 1 N–H and O–H groups in total. The molecule has 1 fully saturated rings. The van der Waals surface area contributed by atoms with Gasteiger partial charge in [-0.25, -0.2) is 0 Å². The summed E-state index contributed by atoms with van der Waals surface area (Å²) in [7, 11) is 0. The van der Waals surface area contributed by atoms with Crippen molar-refractivity contribution in [3.05, 3.63) is 15.9 Å². The molecule has 1 aromatic heterocycles. The van der Waals surface area contributed by atoms with Gasteiger partial charge in [-0.1, -0.05) is 12.8 Å². The largest absolute Gasteiger partial charge is 0.480 e. The summed E-state index contributed by atoms with van der Waals surface area (Å²) in [5.74, 6) is -0.706. The van der Waals surface area contributed by atoms with E-state index in [-0.39, 0.29) is 6.04 Å². The zero-order valence-electron chi connectivity index (χ0n) is 12.1. The van der Waals surface area contributed by atoms with Gasteiger partial charge in [0.25, 0.3) is 0 Å². The standard InChI is InChI=1S/C14H22BrN3O2/c1-3-18-12(13(15)10(2)16-18)9-17-8-6-4-5-7-11(17)14(19)20/h11H,3-9H2,1-2H3,(H,19,20). The average Bonchev–Trinajstić information content (AvgIpc) is 2.60. The highest BCUT2D eigenvalue weighted by molar-refractivity contribution is 9.10. The minimum absolute atomic E-state index is 0.370. The number of halogens is 1. The van der Waals surface area contributed by atoms with E-state index in [2.05, 4.69) is 32.9 Å². The van der Waals surface area contributed by atoms with Crippen LogP contribution in [0, 0.1) is 6.92 Å². The molecule has 1 atom stereocenters. The van der Waals surface area contributed by atoms with E-state index in [0.29, 0.717) is 6.54 Å². The Morgan fingerprint density at radius 2 is 2.20 bits per heavy atom. The van der Waals surface area contributed by atoms with Crippen LogP contribution in [0.3, 0.4) is 0 Å². The number of aryl methyl sites for hydroxylation is 2. The molecule has 2 rings (SSSR count). The molecular formula is C14H22BrN3O2. The number of hydrogen-bond donors (Lipinski definition) is 1. The maximum Gasteiger partial charge on any atom is 0.320 e. The fourth-order valence-corrected chi connectivity index (χ4v) is 3.26. The van der Waals surface area contributed by atoms with Crippen molar-refractivity contribution in [2.45, 2.75) is 58.7 Å². The first-order chi connectivity index (χ1) is 9.54. The van der Waals surface area contributed by atoms with Crippen molar-refractivity contribution < 1.29 is 9.90 Å². The number of rotatable bonds is 4. The summed E-state index contributed by atoms with van der Waals surface area (Å²) in [4.78, 5) is 13.6. The van der Waals surface area contributed by atoms with Gasteiger partial charge in [0.1, 0.15) is 6.04 Å². The fraction of sp³-hybridized carbons (Fsp3) is 0.714. The molecule has 2 heterocycles. The van der Waals surface area contributed by atoms with E-state index in [1.807, 2.05) is 11.6 Å². The third kappa shape index (κ3) is 3.23. The molecule has 1 unspecified atom stereocenters. The van der Waals surface area contributed by atoms with Crippen LogP contribution in [0.2, 0.25) is 0 Å². The third-order valence-electron chi connectivity index (χ3n) is 3.95.